The van der Waals surface area contributed by atoms with Gasteiger partial charge >= 0.3 is 0 Å². The van der Waals surface area contributed by atoms with Crippen LogP contribution >= 0.6 is 23.2 Å². The highest BCUT2D eigenvalue weighted by Crippen LogP contribution is 2.20. The number of ketones is 1. The van der Waals surface area contributed by atoms with E-state index in [0.29, 0.717) is 17.4 Å². The number of rotatable bonds is 3. The van der Waals surface area contributed by atoms with Crippen LogP contribution in [0, 0.1) is 0 Å². The van der Waals surface area contributed by atoms with Gasteiger partial charge in [-0.15, -0.1) is 0 Å². The molecule has 0 aliphatic heterocycles. The molecule has 0 saturated carbocycles. The fourth-order valence-corrected chi connectivity index (χ4v) is 1.93. The van der Waals surface area contributed by atoms with Gasteiger partial charge in [0.05, 0.1) is 10.0 Å². The fraction of sp³-hybridized carbons (Fsp3) is 0.182. The number of carbonyl (C=O) groups excluding carboxylic acids is 1. The lowest BCUT2D eigenvalue weighted by molar-refractivity contribution is 0.102. The molecule has 4 nitrogen and oxygen atoms in total. The zero-order valence-corrected chi connectivity index (χ0v) is 10.5. The van der Waals surface area contributed by atoms with Gasteiger partial charge in [0.1, 0.15) is 5.69 Å². The number of nitrogens with zero attached hydrogens (tertiary/aromatic N) is 3. The molecule has 0 aliphatic carbocycles. The van der Waals surface area contributed by atoms with Crippen LogP contribution in [0.4, 0.5) is 0 Å². The molecule has 0 fully saturated rings. The first-order valence-corrected chi connectivity index (χ1v) is 5.76. The van der Waals surface area contributed by atoms with E-state index in [1.54, 1.807) is 17.0 Å². The summed E-state index contributed by atoms with van der Waals surface area (Å²) in [7, 11) is 0. The third-order valence-electron chi connectivity index (χ3n) is 2.28. The average Bonchev–Trinajstić information content (AvgIpc) is 2.76. The second-order valence-corrected chi connectivity index (χ2v) is 4.19. The number of carbonyl (C=O) groups is 1. The maximum absolute atomic E-state index is 12.1. The second kappa shape index (κ2) is 4.85. The lowest BCUT2D eigenvalue weighted by atomic mass is 10.2. The number of halogens is 2. The van der Waals surface area contributed by atoms with Crippen molar-refractivity contribution < 1.29 is 4.79 Å². The van der Waals surface area contributed by atoms with Gasteiger partial charge in [0.2, 0.25) is 5.78 Å². The summed E-state index contributed by atoms with van der Waals surface area (Å²) < 4.78 is 1.73. The largest absolute Gasteiger partial charge is 0.328 e. The van der Waals surface area contributed by atoms with Crippen LogP contribution in [-0.4, -0.2) is 20.3 Å². The molecule has 0 aromatic carbocycles. The molecular formula is C11H9Cl2N3O. The SMILES string of the molecule is CCn1ccnc1C(=O)c1ncc(Cl)cc1Cl. The van der Waals surface area contributed by atoms with E-state index in [-0.39, 0.29) is 16.5 Å². The predicted octanol–water partition coefficient (Wildman–Crippen LogP) is 2.84. The Morgan fingerprint density at radius 1 is 1.41 bits per heavy atom. The first kappa shape index (κ1) is 12.1. The topological polar surface area (TPSA) is 47.8 Å². The van der Waals surface area contributed by atoms with Crippen molar-refractivity contribution in [2.24, 2.45) is 0 Å². The van der Waals surface area contributed by atoms with Crippen LogP contribution in [0.2, 0.25) is 10.0 Å². The molecule has 0 radical (unpaired) electrons. The number of hydrogen-bond acceptors (Lipinski definition) is 3. The van der Waals surface area contributed by atoms with Crippen LogP contribution in [0.3, 0.4) is 0 Å². The third-order valence-corrected chi connectivity index (χ3v) is 2.78. The van der Waals surface area contributed by atoms with E-state index in [1.807, 2.05) is 6.92 Å². The number of imidazole rings is 1. The van der Waals surface area contributed by atoms with Crippen molar-refractivity contribution in [1.29, 1.82) is 0 Å². The number of aryl methyl sites for hydroxylation is 1. The minimum absolute atomic E-state index is 0.164. The van der Waals surface area contributed by atoms with E-state index < -0.39 is 0 Å². The Morgan fingerprint density at radius 3 is 2.82 bits per heavy atom. The summed E-state index contributed by atoms with van der Waals surface area (Å²) in [5.74, 6) is 0.0164. The molecule has 0 saturated heterocycles. The first-order chi connectivity index (χ1) is 8.13. The van der Waals surface area contributed by atoms with Crippen molar-refractivity contribution in [1.82, 2.24) is 14.5 Å². The number of pyridine rings is 1. The summed E-state index contributed by atoms with van der Waals surface area (Å²) in [5.41, 5.74) is 0.164. The Morgan fingerprint density at radius 2 is 2.18 bits per heavy atom. The molecule has 0 bridgehead atoms. The average molecular weight is 270 g/mol. The van der Waals surface area contributed by atoms with Gasteiger partial charge in [-0.05, 0) is 13.0 Å². The zero-order chi connectivity index (χ0) is 12.4. The van der Waals surface area contributed by atoms with Crippen molar-refractivity contribution in [2.75, 3.05) is 0 Å². The Hall–Kier alpha value is -1.39. The highest BCUT2D eigenvalue weighted by Gasteiger charge is 2.19. The molecule has 0 N–H and O–H groups in total. The quantitative estimate of drug-likeness (QED) is 0.806. The van der Waals surface area contributed by atoms with Gasteiger partial charge in [0, 0.05) is 25.1 Å². The molecule has 0 atom stereocenters. The van der Waals surface area contributed by atoms with Gasteiger partial charge in [-0.1, -0.05) is 23.2 Å². The van der Waals surface area contributed by atoms with Gasteiger partial charge in [0.15, 0.2) is 5.82 Å². The molecule has 2 heterocycles. The summed E-state index contributed by atoms with van der Waals surface area (Å²) in [6.45, 7) is 2.58. The van der Waals surface area contributed by atoms with Crippen molar-refractivity contribution in [3.05, 3.63) is 46.2 Å². The minimum atomic E-state index is -0.307. The van der Waals surface area contributed by atoms with Crippen LogP contribution in [0.1, 0.15) is 23.2 Å². The second-order valence-electron chi connectivity index (χ2n) is 3.35. The number of hydrogen-bond donors (Lipinski definition) is 0. The molecule has 2 aromatic rings. The van der Waals surface area contributed by atoms with Crippen molar-refractivity contribution in [3.8, 4) is 0 Å². The Balaban J connectivity index is 2.44. The van der Waals surface area contributed by atoms with E-state index in [2.05, 4.69) is 9.97 Å². The van der Waals surface area contributed by atoms with Gasteiger partial charge in [0.25, 0.3) is 0 Å². The summed E-state index contributed by atoms with van der Waals surface area (Å²) >= 11 is 11.7. The van der Waals surface area contributed by atoms with Crippen LogP contribution in [-0.2, 0) is 6.54 Å². The van der Waals surface area contributed by atoms with Crippen LogP contribution in [0.25, 0.3) is 0 Å². The molecule has 88 valence electrons. The maximum Gasteiger partial charge on any atom is 0.248 e. The fourth-order valence-electron chi connectivity index (χ4n) is 1.46. The third kappa shape index (κ3) is 2.33. The molecule has 0 spiro atoms. The normalized spacial score (nSPS) is 10.5. The molecule has 0 aliphatic rings. The van der Waals surface area contributed by atoms with Crippen LogP contribution < -0.4 is 0 Å². The predicted molar refractivity (Wildman–Crippen MR) is 65.6 cm³/mol. The molecule has 17 heavy (non-hydrogen) atoms. The van der Waals surface area contributed by atoms with E-state index in [9.17, 15) is 4.79 Å². The van der Waals surface area contributed by atoms with Gasteiger partial charge in [-0.2, -0.15) is 0 Å². The summed E-state index contributed by atoms with van der Waals surface area (Å²) in [5, 5.41) is 0.624. The smallest absolute Gasteiger partial charge is 0.248 e. The summed E-state index contributed by atoms with van der Waals surface area (Å²) in [6.07, 6.45) is 4.69. The summed E-state index contributed by atoms with van der Waals surface area (Å²) in [6, 6.07) is 1.49. The Kier molecular flexibility index (Phi) is 3.45. The van der Waals surface area contributed by atoms with Gasteiger partial charge in [-0.25, -0.2) is 9.97 Å². The lowest BCUT2D eigenvalue weighted by Gasteiger charge is -2.04. The standard InChI is InChI=1S/C11H9Cl2N3O/c1-2-16-4-3-14-11(16)10(17)9-8(13)5-7(12)6-15-9/h3-6H,2H2,1H3. The van der Waals surface area contributed by atoms with Gasteiger partial charge < -0.3 is 4.57 Å². The highest BCUT2D eigenvalue weighted by atomic mass is 35.5. The molecule has 0 amide bonds. The molecular weight excluding hydrogens is 261 g/mol. The first-order valence-electron chi connectivity index (χ1n) is 5.00. The lowest BCUT2D eigenvalue weighted by Crippen LogP contribution is -2.12. The minimum Gasteiger partial charge on any atom is -0.328 e. The summed E-state index contributed by atoms with van der Waals surface area (Å²) in [4.78, 5) is 20.1. The Labute approximate surface area is 108 Å². The molecule has 6 heteroatoms. The van der Waals surface area contributed by atoms with Gasteiger partial charge in [-0.3, -0.25) is 4.79 Å². The Bertz CT molecular complexity index is 566. The highest BCUT2D eigenvalue weighted by molar-refractivity contribution is 6.36. The van der Waals surface area contributed by atoms with E-state index in [0.717, 1.165) is 0 Å². The molecule has 0 unspecified atom stereocenters. The number of aromatic nitrogens is 3. The molecule has 2 rings (SSSR count). The zero-order valence-electron chi connectivity index (χ0n) is 9.02. The van der Waals surface area contributed by atoms with E-state index in [4.69, 9.17) is 23.2 Å². The van der Waals surface area contributed by atoms with E-state index >= 15 is 0 Å². The van der Waals surface area contributed by atoms with Crippen LogP contribution in [0.5, 0.6) is 0 Å². The van der Waals surface area contributed by atoms with Crippen molar-refractivity contribution in [2.45, 2.75) is 13.5 Å². The maximum atomic E-state index is 12.1. The van der Waals surface area contributed by atoms with Crippen molar-refractivity contribution in [3.63, 3.8) is 0 Å². The van der Waals surface area contributed by atoms with E-state index in [1.165, 1.54) is 12.3 Å². The monoisotopic (exact) mass is 269 g/mol. The van der Waals surface area contributed by atoms with Crippen LogP contribution in [0.15, 0.2) is 24.7 Å². The molecule has 2 aromatic heterocycles. The van der Waals surface area contributed by atoms with Crippen molar-refractivity contribution >= 4 is 29.0 Å².